The molecule has 2 unspecified atom stereocenters. The van der Waals surface area contributed by atoms with Crippen molar-refractivity contribution in [3.05, 3.63) is 0 Å². The Morgan fingerprint density at radius 2 is 1.41 bits per heavy atom. The minimum atomic E-state index is -2.75. The van der Waals surface area contributed by atoms with Gasteiger partial charge in [-0.25, -0.2) is 0 Å². The summed E-state index contributed by atoms with van der Waals surface area (Å²) in [4.78, 5) is 21.1. The van der Waals surface area contributed by atoms with Crippen molar-refractivity contribution in [3.63, 3.8) is 0 Å². The number of hydrogen-bond donors (Lipinski definition) is 3. The summed E-state index contributed by atoms with van der Waals surface area (Å²) in [6, 6.07) is 0. The van der Waals surface area contributed by atoms with Crippen LogP contribution in [-0.4, -0.2) is 41.8 Å². The number of unbranched alkanes of at least 4 members (excludes halogenated alkanes) is 12. The molecule has 0 aliphatic carbocycles. The van der Waals surface area contributed by atoms with E-state index in [0.717, 1.165) is 12.8 Å². The van der Waals surface area contributed by atoms with E-state index in [0.29, 0.717) is 6.42 Å². The van der Waals surface area contributed by atoms with Crippen LogP contribution in [0.15, 0.2) is 0 Å². The lowest BCUT2D eigenvalue weighted by Crippen LogP contribution is -2.34. The molecule has 0 bridgehead atoms. The fourth-order valence-corrected chi connectivity index (χ4v) is 3.54. The number of carbonyl (C=O) groups is 1. The average Bonchev–Trinajstić information content (AvgIpc) is 2.61. The largest absolute Gasteiger partial charge is 0.389 e. The van der Waals surface area contributed by atoms with E-state index in [1.807, 2.05) is 0 Å². The molecule has 5 nitrogen and oxygen atoms in total. The first kappa shape index (κ1) is 27.0. The van der Waals surface area contributed by atoms with Gasteiger partial charge in [0, 0.05) is 19.6 Å². The molecule has 162 valence electrons. The molecular formula is C20H42NO4PS. The predicted molar refractivity (Wildman–Crippen MR) is 118 cm³/mol. The zero-order valence-electron chi connectivity index (χ0n) is 17.5. The number of amides is 1. The molecule has 0 aromatic carbocycles. The molecular weight excluding hydrogens is 381 g/mol. The summed E-state index contributed by atoms with van der Waals surface area (Å²) in [6.45, 7) is 1.02. The fraction of sp³-hybridized carbons (Fsp3) is 0.950. The van der Waals surface area contributed by atoms with Gasteiger partial charge in [-0.3, -0.25) is 4.79 Å². The predicted octanol–water partition coefficient (Wildman–Crippen LogP) is 4.89. The number of nitrogens with one attached hydrogen (secondary N) is 1. The molecule has 0 aliphatic rings. The summed E-state index contributed by atoms with van der Waals surface area (Å²) in [5.74, 6) is -0.0444. The second-order valence-corrected chi connectivity index (χ2v) is 11.4. The first-order valence-corrected chi connectivity index (χ1v) is 13.9. The van der Waals surface area contributed by atoms with Crippen LogP contribution in [0.5, 0.6) is 0 Å². The maximum atomic E-state index is 11.7. The van der Waals surface area contributed by atoms with Crippen LogP contribution in [0.3, 0.4) is 0 Å². The van der Waals surface area contributed by atoms with Crippen LogP contribution in [0.25, 0.3) is 0 Å². The minimum absolute atomic E-state index is 0.0444. The van der Waals surface area contributed by atoms with Gasteiger partial charge in [0.05, 0.1) is 12.7 Å². The molecule has 7 heteroatoms. The molecule has 3 N–H and O–H groups in total. The van der Waals surface area contributed by atoms with Gasteiger partial charge in [-0.1, -0.05) is 84.0 Å². The van der Waals surface area contributed by atoms with E-state index in [4.69, 9.17) is 16.3 Å². The number of carbonyl (C=O) groups excluding carboxylic acids is 1. The van der Waals surface area contributed by atoms with Crippen LogP contribution in [-0.2, 0) is 21.1 Å². The lowest BCUT2D eigenvalue weighted by Gasteiger charge is -2.15. The van der Waals surface area contributed by atoms with Gasteiger partial charge in [-0.2, -0.15) is 0 Å². The van der Waals surface area contributed by atoms with E-state index in [9.17, 15) is 14.8 Å². The highest BCUT2D eigenvalue weighted by Gasteiger charge is 2.11. The van der Waals surface area contributed by atoms with E-state index < -0.39 is 12.6 Å². The van der Waals surface area contributed by atoms with E-state index in [2.05, 4.69) is 12.2 Å². The Bertz CT molecular complexity index is 403. The minimum Gasteiger partial charge on any atom is -0.389 e. The van der Waals surface area contributed by atoms with Gasteiger partial charge in [-0.15, -0.1) is 0 Å². The van der Waals surface area contributed by atoms with Crippen molar-refractivity contribution in [1.82, 2.24) is 5.32 Å². The first-order valence-electron chi connectivity index (χ1n) is 10.7. The SMILES string of the molecule is CCCCCCCCCCCCCCCC(=O)NCC(O)COP(C)(O)=S. The Morgan fingerprint density at radius 1 is 0.963 bits per heavy atom. The van der Waals surface area contributed by atoms with Gasteiger partial charge >= 0.3 is 0 Å². The van der Waals surface area contributed by atoms with Crippen molar-refractivity contribution in [1.29, 1.82) is 0 Å². The second kappa shape index (κ2) is 18.1. The number of aliphatic hydroxyl groups is 1. The lowest BCUT2D eigenvalue weighted by atomic mass is 10.0. The standard InChI is InChI=1S/C20H42NO4PS/c1-3-4-5-6-7-8-9-10-11-12-13-14-15-16-20(23)21-17-19(22)18-25-26(2,24)27/h19,22H,3-18H2,1-2H3,(H,21,23)(H,24,27). The monoisotopic (exact) mass is 423 g/mol. The highest BCUT2D eigenvalue weighted by molar-refractivity contribution is 8.09. The number of aliphatic hydroxyl groups excluding tert-OH is 1. The Labute approximate surface area is 171 Å². The molecule has 0 heterocycles. The fourth-order valence-electron chi connectivity index (χ4n) is 2.91. The molecule has 0 saturated heterocycles. The van der Waals surface area contributed by atoms with Crippen LogP contribution < -0.4 is 5.32 Å². The topological polar surface area (TPSA) is 78.8 Å². The molecule has 27 heavy (non-hydrogen) atoms. The highest BCUT2D eigenvalue weighted by atomic mass is 32.5. The molecule has 0 aromatic rings. The summed E-state index contributed by atoms with van der Waals surface area (Å²) in [5, 5.41) is 12.4. The quantitative estimate of drug-likeness (QED) is 0.204. The average molecular weight is 424 g/mol. The second-order valence-electron chi connectivity index (χ2n) is 7.55. The van der Waals surface area contributed by atoms with Crippen molar-refractivity contribution >= 4 is 24.2 Å². The molecule has 0 rings (SSSR count). The van der Waals surface area contributed by atoms with E-state index >= 15 is 0 Å². The zero-order chi connectivity index (χ0) is 20.4. The smallest absolute Gasteiger partial charge is 0.220 e. The third kappa shape index (κ3) is 22.2. The summed E-state index contributed by atoms with van der Waals surface area (Å²) < 4.78 is 4.99. The lowest BCUT2D eigenvalue weighted by molar-refractivity contribution is -0.121. The summed E-state index contributed by atoms with van der Waals surface area (Å²) in [6.07, 6.45) is 16.4. The van der Waals surface area contributed by atoms with Crippen LogP contribution >= 0.6 is 6.49 Å². The molecule has 0 saturated carbocycles. The van der Waals surface area contributed by atoms with Gasteiger partial charge in [0.15, 0.2) is 6.49 Å². The number of rotatable bonds is 19. The summed E-state index contributed by atoms with van der Waals surface area (Å²) >= 11 is 4.73. The van der Waals surface area contributed by atoms with Gasteiger partial charge < -0.3 is 19.8 Å². The Morgan fingerprint density at radius 3 is 1.85 bits per heavy atom. The van der Waals surface area contributed by atoms with E-state index in [-0.39, 0.29) is 19.1 Å². The molecule has 0 aromatic heterocycles. The van der Waals surface area contributed by atoms with Crippen LogP contribution in [0.1, 0.15) is 96.8 Å². The molecule has 0 fully saturated rings. The summed E-state index contributed by atoms with van der Waals surface area (Å²) in [5.41, 5.74) is 0. The van der Waals surface area contributed by atoms with Crippen LogP contribution in [0.2, 0.25) is 0 Å². The van der Waals surface area contributed by atoms with Gasteiger partial charge in [-0.05, 0) is 18.2 Å². The van der Waals surface area contributed by atoms with Crippen molar-refractivity contribution in [3.8, 4) is 0 Å². The van der Waals surface area contributed by atoms with Crippen molar-refractivity contribution in [2.24, 2.45) is 0 Å². The van der Waals surface area contributed by atoms with Crippen LogP contribution in [0.4, 0.5) is 0 Å². The summed E-state index contributed by atoms with van der Waals surface area (Å²) in [7, 11) is 0. The Hall–Kier alpha value is -0.000000000000000111. The molecule has 2 atom stereocenters. The highest BCUT2D eigenvalue weighted by Crippen LogP contribution is 2.36. The maximum absolute atomic E-state index is 11.7. The third-order valence-corrected chi connectivity index (χ3v) is 5.49. The van der Waals surface area contributed by atoms with E-state index in [1.165, 1.54) is 77.3 Å². The van der Waals surface area contributed by atoms with Crippen molar-refractivity contribution < 1.29 is 19.3 Å². The van der Waals surface area contributed by atoms with Gasteiger partial charge in [0.2, 0.25) is 5.91 Å². The molecule has 0 aliphatic heterocycles. The normalized spacial score (nSPS) is 14.7. The number of hydrogen-bond acceptors (Lipinski definition) is 4. The molecule has 1 amide bonds. The zero-order valence-corrected chi connectivity index (χ0v) is 19.2. The molecule has 0 spiro atoms. The Kier molecular flexibility index (Phi) is 18.1. The van der Waals surface area contributed by atoms with Gasteiger partial charge in [0.25, 0.3) is 0 Å². The Balaban J connectivity index is 3.33. The van der Waals surface area contributed by atoms with Crippen molar-refractivity contribution in [2.75, 3.05) is 19.8 Å². The molecule has 0 radical (unpaired) electrons. The van der Waals surface area contributed by atoms with Gasteiger partial charge in [0.1, 0.15) is 0 Å². The first-order chi connectivity index (χ1) is 12.8. The third-order valence-electron chi connectivity index (χ3n) is 4.55. The van der Waals surface area contributed by atoms with Crippen molar-refractivity contribution in [2.45, 2.75) is 103 Å². The van der Waals surface area contributed by atoms with E-state index in [1.54, 1.807) is 0 Å². The van der Waals surface area contributed by atoms with Crippen LogP contribution in [0, 0.1) is 0 Å². The maximum Gasteiger partial charge on any atom is 0.220 e.